The summed E-state index contributed by atoms with van der Waals surface area (Å²) in [5.41, 5.74) is 2.45. The van der Waals surface area contributed by atoms with E-state index in [4.69, 9.17) is 0 Å². The van der Waals surface area contributed by atoms with Crippen LogP contribution in [0.25, 0.3) is 0 Å². The normalized spacial score (nSPS) is 10.1. The van der Waals surface area contributed by atoms with Gasteiger partial charge in [-0.3, -0.25) is 0 Å². The highest BCUT2D eigenvalue weighted by atomic mass is 16.3. The van der Waals surface area contributed by atoms with Crippen molar-refractivity contribution < 1.29 is 15.0 Å². The van der Waals surface area contributed by atoms with Gasteiger partial charge in [0.2, 0.25) is 0 Å². The highest BCUT2D eigenvalue weighted by Crippen LogP contribution is 2.23. The predicted molar refractivity (Wildman–Crippen MR) is 76.8 cm³/mol. The van der Waals surface area contributed by atoms with Crippen molar-refractivity contribution >= 4 is 11.7 Å². The van der Waals surface area contributed by atoms with Crippen LogP contribution in [0.1, 0.15) is 11.1 Å². The number of phenolic OH excluding ortho intramolecular Hbond substituents is 2. The lowest BCUT2D eigenvalue weighted by Crippen LogP contribution is -2.28. The molecule has 0 radical (unpaired) electrons. The number of aryl methyl sites for hydroxylation is 1. The topological polar surface area (TPSA) is 81.6 Å². The van der Waals surface area contributed by atoms with Gasteiger partial charge in [0, 0.05) is 30.4 Å². The van der Waals surface area contributed by atoms with Crippen LogP contribution < -0.4 is 10.6 Å². The summed E-state index contributed by atoms with van der Waals surface area (Å²) in [5, 5.41) is 23.9. The molecule has 0 aliphatic heterocycles. The number of amides is 2. The van der Waals surface area contributed by atoms with Crippen LogP contribution in [-0.4, -0.2) is 16.2 Å². The number of urea groups is 1. The van der Waals surface area contributed by atoms with Crippen LogP contribution in [0.5, 0.6) is 11.5 Å². The van der Waals surface area contributed by atoms with E-state index in [1.54, 1.807) is 0 Å². The minimum absolute atomic E-state index is 0.112. The standard InChI is InChI=1S/C15H16N2O3/c1-10-4-2-3-5-11(10)9-16-15(20)17-12-6-13(18)8-14(19)7-12/h2-8,18-19H,9H2,1H3,(H2,16,17,20). The van der Waals surface area contributed by atoms with E-state index in [0.717, 1.165) is 11.1 Å². The maximum atomic E-state index is 11.7. The van der Waals surface area contributed by atoms with Crippen LogP contribution in [0.4, 0.5) is 10.5 Å². The first-order chi connectivity index (χ1) is 9.54. The van der Waals surface area contributed by atoms with Crippen LogP contribution in [-0.2, 0) is 6.54 Å². The third-order valence-electron chi connectivity index (χ3n) is 2.86. The Hall–Kier alpha value is -2.69. The van der Waals surface area contributed by atoms with Crippen LogP contribution in [0.3, 0.4) is 0 Å². The molecule has 0 heterocycles. The number of aromatic hydroxyl groups is 2. The number of carbonyl (C=O) groups excluding carboxylic acids is 1. The second-order valence-electron chi connectivity index (χ2n) is 4.47. The van der Waals surface area contributed by atoms with Crippen molar-refractivity contribution in [3.8, 4) is 11.5 Å². The van der Waals surface area contributed by atoms with Gasteiger partial charge in [-0.25, -0.2) is 4.79 Å². The molecule has 5 heteroatoms. The molecule has 0 aromatic heterocycles. The summed E-state index contributed by atoms with van der Waals surface area (Å²) in [7, 11) is 0. The maximum Gasteiger partial charge on any atom is 0.319 e. The molecule has 0 bridgehead atoms. The second-order valence-corrected chi connectivity index (χ2v) is 4.47. The van der Waals surface area contributed by atoms with Gasteiger partial charge >= 0.3 is 6.03 Å². The Balaban J connectivity index is 1.94. The van der Waals surface area contributed by atoms with Crippen LogP contribution in [0.15, 0.2) is 42.5 Å². The van der Waals surface area contributed by atoms with Crippen molar-refractivity contribution in [3.05, 3.63) is 53.6 Å². The van der Waals surface area contributed by atoms with E-state index >= 15 is 0 Å². The van der Waals surface area contributed by atoms with Gasteiger partial charge in [0.25, 0.3) is 0 Å². The Bertz CT molecular complexity index is 606. The van der Waals surface area contributed by atoms with E-state index in [1.807, 2.05) is 31.2 Å². The largest absolute Gasteiger partial charge is 0.508 e. The summed E-state index contributed by atoms with van der Waals surface area (Å²) in [4.78, 5) is 11.7. The minimum atomic E-state index is -0.404. The summed E-state index contributed by atoms with van der Waals surface area (Å²) in [6.07, 6.45) is 0. The van der Waals surface area contributed by atoms with E-state index in [9.17, 15) is 15.0 Å². The second kappa shape index (κ2) is 5.97. The molecule has 0 fully saturated rings. The molecule has 0 aliphatic carbocycles. The van der Waals surface area contributed by atoms with E-state index in [0.29, 0.717) is 12.2 Å². The molecule has 5 nitrogen and oxygen atoms in total. The molecular formula is C15H16N2O3. The molecule has 104 valence electrons. The fraction of sp³-hybridized carbons (Fsp3) is 0.133. The predicted octanol–water partition coefficient (Wildman–Crippen LogP) is 2.73. The van der Waals surface area contributed by atoms with Gasteiger partial charge in [-0.05, 0) is 18.1 Å². The lowest BCUT2D eigenvalue weighted by molar-refractivity contribution is 0.251. The number of benzene rings is 2. The molecule has 4 N–H and O–H groups in total. The Morgan fingerprint density at radius 1 is 1.10 bits per heavy atom. The lowest BCUT2D eigenvalue weighted by atomic mass is 10.1. The van der Waals surface area contributed by atoms with Crippen molar-refractivity contribution in [1.82, 2.24) is 5.32 Å². The SMILES string of the molecule is Cc1ccccc1CNC(=O)Nc1cc(O)cc(O)c1. The third kappa shape index (κ3) is 3.65. The van der Waals surface area contributed by atoms with E-state index in [1.165, 1.54) is 18.2 Å². The van der Waals surface area contributed by atoms with E-state index < -0.39 is 6.03 Å². The lowest BCUT2D eigenvalue weighted by Gasteiger charge is -2.10. The summed E-state index contributed by atoms with van der Waals surface area (Å²) in [6, 6.07) is 11.3. The van der Waals surface area contributed by atoms with Crippen molar-refractivity contribution in [2.24, 2.45) is 0 Å². The number of rotatable bonds is 3. The van der Waals surface area contributed by atoms with Gasteiger partial charge in [-0.1, -0.05) is 24.3 Å². The number of carbonyl (C=O) groups is 1. The average Bonchev–Trinajstić information content (AvgIpc) is 2.36. The minimum Gasteiger partial charge on any atom is -0.508 e. The number of anilines is 1. The molecule has 0 saturated heterocycles. The Morgan fingerprint density at radius 3 is 2.40 bits per heavy atom. The molecule has 2 aromatic rings. The molecule has 0 atom stereocenters. The third-order valence-corrected chi connectivity index (χ3v) is 2.86. The Labute approximate surface area is 116 Å². The maximum absolute atomic E-state index is 11.7. The van der Waals surface area contributed by atoms with Crippen molar-refractivity contribution in [1.29, 1.82) is 0 Å². The van der Waals surface area contributed by atoms with Gasteiger partial charge in [0.15, 0.2) is 0 Å². The molecule has 0 spiro atoms. The van der Waals surface area contributed by atoms with Crippen LogP contribution in [0.2, 0.25) is 0 Å². The number of hydrogen-bond acceptors (Lipinski definition) is 3. The van der Waals surface area contributed by atoms with Crippen LogP contribution >= 0.6 is 0 Å². The van der Waals surface area contributed by atoms with Crippen molar-refractivity contribution in [3.63, 3.8) is 0 Å². The molecule has 2 aromatic carbocycles. The molecule has 2 amide bonds. The summed E-state index contributed by atoms with van der Waals surface area (Å²) >= 11 is 0. The average molecular weight is 272 g/mol. The van der Waals surface area contributed by atoms with Crippen molar-refractivity contribution in [2.45, 2.75) is 13.5 Å². The summed E-state index contributed by atoms with van der Waals surface area (Å²) in [5.74, 6) is -0.224. The van der Waals surface area contributed by atoms with Crippen molar-refractivity contribution in [2.75, 3.05) is 5.32 Å². The first kappa shape index (κ1) is 13.7. The molecule has 0 aliphatic rings. The van der Waals surface area contributed by atoms with Gasteiger partial charge < -0.3 is 20.8 Å². The molecule has 20 heavy (non-hydrogen) atoms. The van der Waals surface area contributed by atoms with Gasteiger partial charge in [-0.15, -0.1) is 0 Å². The fourth-order valence-corrected chi connectivity index (χ4v) is 1.83. The zero-order valence-electron chi connectivity index (χ0n) is 11.1. The van der Waals surface area contributed by atoms with Crippen LogP contribution in [0, 0.1) is 6.92 Å². The Kier molecular flexibility index (Phi) is 4.10. The molecular weight excluding hydrogens is 256 g/mol. The summed E-state index contributed by atoms with van der Waals surface area (Å²) < 4.78 is 0. The number of phenols is 2. The monoisotopic (exact) mass is 272 g/mol. The summed E-state index contributed by atoms with van der Waals surface area (Å²) in [6.45, 7) is 2.38. The zero-order chi connectivity index (χ0) is 14.5. The van der Waals surface area contributed by atoms with E-state index in [-0.39, 0.29) is 11.5 Å². The zero-order valence-corrected chi connectivity index (χ0v) is 11.1. The number of hydrogen-bond donors (Lipinski definition) is 4. The Morgan fingerprint density at radius 2 is 1.75 bits per heavy atom. The first-order valence-electron chi connectivity index (χ1n) is 6.17. The van der Waals surface area contributed by atoms with Gasteiger partial charge in [-0.2, -0.15) is 0 Å². The van der Waals surface area contributed by atoms with E-state index in [2.05, 4.69) is 10.6 Å². The smallest absolute Gasteiger partial charge is 0.319 e. The first-order valence-corrected chi connectivity index (χ1v) is 6.17. The van der Waals surface area contributed by atoms with Gasteiger partial charge in [0.05, 0.1) is 0 Å². The highest BCUT2D eigenvalue weighted by Gasteiger charge is 2.05. The highest BCUT2D eigenvalue weighted by molar-refractivity contribution is 5.89. The number of nitrogens with one attached hydrogen (secondary N) is 2. The quantitative estimate of drug-likeness (QED) is 0.693. The fourth-order valence-electron chi connectivity index (χ4n) is 1.83. The molecule has 2 rings (SSSR count). The molecule has 0 saturated carbocycles. The van der Waals surface area contributed by atoms with Gasteiger partial charge in [0.1, 0.15) is 11.5 Å². The molecule has 0 unspecified atom stereocenters.